The maximum atomic E-state index is 13.3. The molecule has 18 heavy (non-hydrogen) atoms. The zero-order valence-electron chi connectivity index (χ0n) is 10.9. The second-order valence-corrected chi connectivity index (χ2v) is 4.46. The molecule has 4 nitrogen and oxygen atoms in total. The second kappa shape index (κ2) is 6.35. The number of halogens is 1. The molecule has 1 atom stereocenters. The van der Waals surface area contributed by atoms with Gasteiger partial charge in [0.2, 0.25) is 5.91 Å². The van der Waals surface area contributed by atoms with Crippen molar-refractivity contribution < 1.29 is 13.9 Å². The van der Waals surface area contributed by atoms with Crippen LogP contribution in [-0.2, 0) is 4.79 Å². The van der Waals surface area contributed by atoms with Crippen molar-refractivity contribution in [3.63, 3.8) is 0 Å². The number of methoxy groups -OCH3 is 1. The molecule has 1 aromatic carbocycles. The van der Waals surface area contributed by atoms with E-state index in [-0.39, 0.29) is 24.3 Å². The average molecular weight is 254 g/mol. The molecular formula is C13H19FN2O2. The van der Waals surface area contributed by atoms with Gasteiger partial charge in [0.25, 0.3) is 0 Å². The molecular weight excluding hydrogens is 235 g/mol. The fourth-order valence-corrected chi connectivity index (χ4v) is 1.67. The first-order valence-electron chi connectivity index (χ1n) is 5.83. The van der Waals surface area contributed by atoms with E-state index in [9.17, 15) is 9.18 Å². The van der Waals surface area contributed by atoms with E-state index in [1.807, 2.05) is 13.8 Å². The van der Waals surface area contributed by atoms with Crippen LogP contribution in [0.25, 0.3) is 0 Å². The van der Waals surface area contributed by atoms with Crippen molar-refractivity contribution in [3.8, 4) is 5.75 Å². The number of carbonyl (C=O) groups excluding carboxylic acids is 1. The number of rotatable bonds is 5. The second-order valence-electron chi connectivity index (χ2n) is 4.46. The highest BCUT2D eigenvalue weighted by molar-refractivity contribution is 5.93. The topological polar surface area (TPSA) is 64.3 Å². The average Bonchev–Trinajstić information content (AvgIpc) is 2.28. The molecule has 0 aliphatic rings. The number of hydrogen-bond donors (Lipinski definition) is 2. The third-order valence-corrected chi connectivity index (χ3v) is 2.77. The summed E-state index contributed by atoms with van der Waals surface area (Å²) in [7, 11) is 1.44. The zero-order valence-corrected chi connectivity index (χ0v) is 10.9. The molecule has 0 aliphatic heterocycles. The van der Waals surface area contributed by atoms with Gasteiger partial charge in [0.1, 0.15) is 11.6 Å². The van der Waals surface area contributed by atoms with E-state index in [1.54, 1.807) is 6.07 Å². The molecule has 3 N–H and O–H groups in total. The zero-order chi connectivity index (χ0) is 13.7. The number of anilines is 1. The lowest BCUT2D eigenvalue weighted by atomic mass is 9.95. The van der Waals surface area contributed by atoms with Crippen LogP contribution >= 0.6 is 0 Å². The lowest BCUT2D eigenvalue weighted by Gasteiger charge is -2.18. The number of nitrogens with two attached hydrogens (primary N) is 1. The summed E-state index contributed by atoms with van der Waals surface area (Å²) >= 11 is 0. The first kappa shape index (κ1) is 14.4. The van der Waals surface area contributed by atoms with E-state index >= 15 is 0 Å². The Morgan fingerprint density at radius 1 is 1.44 bits per heavy atom. The van der Waals surface area contributed by atoms with Gasteiger partial charge in [-0.15, -0.1) is 0 Å². The van der Waals surface area contributed by atoms with Crippen molar-refractivity contribution in [2.24, 2.45) is 17.6 Å². The molecule has 0 saturated heterocycles. The standard InChI is InChI=1S/C13H19FN2O2/c1-8(2)12(7-15)13(17)16-10-4-9(14)5-11(6-10)18-3/h4-6,8,12H,7,15H2,1-3H3,(H,16,17). The summed E-state index contributed by atoms with van der Waals surface area (Å²) in [5.74, 6) is -0.470. The molecule has 1 aromatic rings. The fraction of sp³-hybridized carbons (Fsp3) is 0.462. The SMILES string of the molecule is COc1cc(F)cc(NC(=O)C(CN)C(C)C)c1. The van der Waals surface area contributed by atoms with Crippen LogP contribution < -0.4 is 15.8 Å². The van der Waals surface area contributed by atoms with Crippen LogP contribution in [0.5, 0.6) is 5.75 Å². The van der Waals surface area contributed by atoms with Crippen LogP contribution in [-0.4, -0.2) is 19.6 Å². The number of benzene rings is 1. The van der Waals surface area contributed by atoms with Crippen molar-refractivity contribution >= 4 is 11.6 Å². The third kappa shape index (κ3) is 3.70. The van der Waals surface area contributed by atoms with E-state index in [1.165, 1.54) is 19.2 Å². The van der Waals surface area contributed by atoms with Crippen LogP contribution in [0.2, 0.25) is 0 Å². The van der Waals surface area contributed by atoms with Gasteiger partial charge < -0.3 is 15.8 Å². The Labute approximate surface area is 106 Å². The maximum Gasteiger partial charge on any atom is 0.229 e. The van der Waals surface area contributed by atoms with E-state index in [0.29, 0.717) is 11.4 Å². The summed E-state index contributed by atoms with van der Waals surface area (Å²) in [4.78, 5) is 11.9. The van der Waals surface area contributed by atoms with Crippen molar-refractivity contribution in [2.75, 3.05) is 19.0 Å². The van der Waals surface area contributed by atoms with E-state index in [2.05, 4.69) is 5.32 Å². The minimum absolute atomic E-state index is 0.130. The smallest absolute Gasteiger partial charge is 0.229 e. The Kier molecular flexibility index (Phi) is 5.09. The van der Waals surface area contributed by atoms with Gasteiger partial charge in [0, 0.05) is 24.4 Å². The summed E-state index contributed by atoms with van der Waals surface area (Å²) in [6.45, 7) is 4.10. The maximum absolute atomic E-state index is 13.3. The minimum Gasteiger partial charge on any atom is -0.497 e. The van der Waals surface area contributed by atoms with Crippen molar-refractivity contribution in [3.05, 3.63) is 24.0 Å². The first-order chi connectivity index (χ1) is 8.47. The van der Waals surface area contributed by atoms with Gasteiger partial charge in [-0.1, -0.05) is 13.8 Å². The lowest BCUT2D eigenvalue weighted by molar-refractivity contribution is -0.120. The highest BCUT2D eigenvalue weighted by Gasteiger charge is 2.20. The molecule has 1 rings (SSSR count). The van der Waals surface area contributed by atoms with Crippen LogP contribution in [0.1, 0.15) is 13.8 Å². The summed E-state index contributed by atoms with van der Waals surface area (Å²) in [6.07, 6.45) is 0. The number of hydrogen-bond acceptors (Lipinski definition) is 3. The van der Waals surface area contributed by atoms with Gasteiger partial charge in [0.05, 0.1) is 13.0 Å². The molecule has 0 aromatic heterocycles. The normalized spacial score (nSPS) is 12.3. The highest BCUT2D eigenvalue weighted by Crippen LogP contribution is 2.21. The Balaban J connectivity index is 2.84. The van der Waals surface area contributed by atoms with Gasteiger partial charge in [-0.05, 0) is 12.0 Å². The van der Waals surface area contributed by atoms with Crippen molar-refractivity contribution in [1.29, 1.82) is 0 Å². The van der Waals surface area contributed by atoms with Crippen LogP contribution in [0.15, 0.2) is 18.2 Å². The van der Waals surface area contributed by atoms with Gasteiger partial charge in [-0.2, -0.15) is 0 Å². The molecule has 0 radical (unpaired) electrons. The predicted octanol–water partition coefficient (Wildman–Crippen LogP) is 2.00. The molecule has 0 fully saturated rings. The number of amides is 1. The molecule has 0 spiro atoms. The predicted molar refractivity (Wildman–Crippen MR) is 69.0 cm³/mol. The van der Waals surface area contributed by atoms with Crippen LogP contribution in [0.4, 0.5) is 10.1 Å². The van der Waals surface area contributed by atoms with Crippen molar-refractivity contribution in [2.45, 2.75) is 13.8 Å². The monoisotopic (exact) mass is 254 g/mol. The summed E-state index contributed by atoms with van der Waals surface area (Å²) in [5, 5.41) is 2.65. The van der Waals surface area contributed by atoms with Crippen LogP contribution in [0, 0.1) is 17.7 Å². The largest absolute Gasteiger partial charge is 0.497 e. The summed E-state index contributed by atoms with van der Waals surface area (Å²) in [5.41, 5.74) is 5.93. The Morgan fingerprint density at radius 3 is 2.61 bits per heavy atom. The minimum atomic E-state index is -0.460. The van der Waals surface area contributed by atoms with Crippen LogP contribution in [0.3, 0.4) is 0 Å². The summed E-state index contributed by atoms with van der Waals surface area (Å²) in [6, 6.07) is 4.06. The Morgan fingerprint density at radius 2 is 2.11 bits per heavy atom. The molecule has 0 heterocycles. The molecule has 5 heteroatoms. The van der Waals surface area contributed by atoms with Crippen molar-refractivity contribution in [1.82, 2.24) is 0 Å². The highest BCUT2D eigenvalue weighted by atomic mass is 19.1. The lowest BCUT2D eigenvalue weighted by Crippen LogP contribution is -2.33. The van der Waals surface area contributed by atoms with E-state index in [4.69, 9.17) is 10.5 Å². The number of nitrogens with one attached hydrogen (secondary N) is 1. The van der Waals surface area contributed by atoms with Gasteiger partial charge in [-0.3, -0.25) is 4.79 Å². The quantitative estimate of drug-likeness (QED) is 0.844. The molecule has 100 valence electrons. The number of carbonyl (C=O) groups is 1. The summed E-state index contributed by atoms with van der Waals surface area (Å²) < 4.78 is 18.2. The molecule has 0 saturated carbocycles. The molecule has 0 aliphatic carbocycles. The third-order valence-electron chi connectivity index (χ3n) is 2.77. The van der Waals surface area contributed by atoms with E-state index in [0.717, 1.165) is 0 Å². The fourth-order valence-electron chi connectivity index (χ4n) is 1.67. The molecule has 0 bridgehead atoms. The number of ether oxygens (including phenoxy) is 1. The van der Waals surface area contributed by atoms with E-state index < -0.39 is 5.82 Å². The first-order valence-corrected chi connectivity index (χ1v) is 5.83. The Hall–Kier alpha value is -1.62. The van der Waals surface area contributed by atoms with Gasteiger partial charge >= 0.3 is 0 Å². The molecule has 1 unspecified atom stereocenters. The van der Waals surface area contributed by atoms with Gasteiger partial charge in [0.15, 0.2) is 0 Å². The van der Waals surface area contributed by atoms with Gasteiger partial charge in [-0.25, -0.2) is 4.39 Å². The molecule has 1 amide bonds. The Bertz CT molecular complexity index is 421.